The molecule has 4 rings (SSSR count). The highest BCUT2D eigenvalue weighted by Gasteiger charge is 2.32. The van der Waals surface area contributed by atoms with E-state index in [0.717, 1.165) is 24.0 Å². The molecule has 0 bridgehead atoms. The molecular weight excluding hydrogens is 423 g/mol. The first-order valence-corrected chi connectivity index (χ1v) is 9.63. The second-order valence-electron chi connectivity index (χ2n) is 6.34. The Morgan fingerprint density at radius 1 is 1.00 bits per heavy atom. The highest BCUT2D eigenvalue weighted by atomic mass is 32.2. The molecule has 0 saturated carbocycles. The number of alkyl halides is 3. The lowest BCUT2D eigenvalue weighted by Crippen LogP contribution is -2.07. The van der Waals surface area contributed by atoms with Crippen LogP contribution in [0.15, 0.2) is 59.6 Å². The van der Waals surface area contributed by atoms with E-state index in [4.69, 9.17) is 0 Å². The lowest BCUT2D eigenvalue weighted by atomic mass is 10.2. The Labute approximate surface area is 171 Å². The molecular formula is C20H13F5N4S. The maximum Gasteiger partial charge on any atom is 0.433 e. The van der Waals surface area contributed by atoms with E-state index in [0.29, 0.717) is 27.6 Å². The average Bonchev–Trinajstić information content (AvgIpc) is 3.10. The summed E-state index contributed by atoms with van der Waals surface area (Å²) in [5.74, 6) is -0.390. The fourth-order valence-corrected chi connectivity index (χ4v) is 3.60. The third-order valence-corrected chi connectivity index (χ3v) is 5.10. The van der Waals surface area contributed by atoms with Crippen molar-refractivity contribution >= 4 is 34.2 Å². The summed E-state index contributed by atoms with van der Waals surface area (Å²) < 4.78 is 66.1. The third kappa shape index (κ3) is 4.54. The number of hydrogen-bond acceptors (Lipinski definition) is 4. The zero-order valence-corrected chi connectivity index (χ0v) is 15.9. The number of nitrogens with zero attached hydrogens (tertiary/aromatic N) is 2. The first kappa shape index (κ1) is 20.1. The van der Waals surface area contributed by atoms with Crippen LogP contribution in [0.3, 0.4) is 0 Å². The molecule has 0 amide bonds. The van der Waals surface area contributed by atoms with E-state index in [2.05, 4.69) is 20.3 Å². The van der Waals surface area contributed by atoms with Crippen molar-refractivity contribution in [2.75, 3.05) is 5.32 Å². The molecule has 0 atom stereocenters. The summed E-state index contributed by atoms with van der Waals surface area (Å²) >= 11 is 1.12. The molecule has 0 unspecified atom stereocenters. The van der Waals surface area contributed by atoms with Crippen LogP contribution in [-0.4, -0.2) is 15.0 Å². The number of pyridine rings is 1. The van der Waals surface area contributed by atoms with E-state index >= 15 is 0 Å². The first-order chi connectivity index (χ1) is 14.3. The van der Waals surface area contributed by atoms with Crippen LogP contribution < -0.4 is 5.32 Å². The monoisotopic (exact) mass is 436 g/mol. The minimum atomic E-state index is -4.52. The van der Waals surface area contributed by atoms with Crippen molar-refractivity contribution in [3.05, 3.63) is 77.9 Å². The molecule has 30 heavy (non-hydrogen) atoms. The molecule has 154 valence electrons. The molecule has 0 fully saturated rings. The number of aromatic amines is 1. The SMILES string of the molecule is Fc1cccc(Nc2cc(F)c3nc(CSc4ccnc(C(F)(F)F)c4)[nH]c3c2)c1. The van der Waals surface area contributed by atoms with E-state index in [1.165, 1.54) is 30.3 Å². The Balaban J connectivity index is 1.53. The number of rotatable bonds is 5. The summed E-state index contributed by atoms with van der Waals surface area (Å²) in [5.41, 5.74) is 0.409. The highest BCUT2D eigenvalue weighted by Crippen LogP contribution is 2.31. The van der Waals surface area contributed by atoms with Gasteiger partial charge in [0, 0.05) is 22.5 Å². The molecule has 2 aromatic carbocycles. The van der Waals surface area contributed by atoms with Gasteiger partial charge in [-0.25, -0.2) is 13.8 Å². The number of imidazole rings is 1. The van der Waals surface area contributed by atoms with E-state index in [-0.39, 0.29) is 11.3 Å². The molecule has 0 radical (unpaired) electrons. The van der Waals surface area contributed by atoms with Gasteiger partial charge in [-0.15, -0.1) is 11.8 Å². The predicted molar refractivity (Wildman–Crippen MR) is 105 cm³/mol. The second-order valence-corrected chi connectivity index (χ2v) is 7.39. The Hall–Kier alpha value is -3.14. The summed E-state index contributed by atoms with van der Waals surface area (Å²) in [5, 5.41) is 2.92. The quantitative estimate of drug-likeness (QED) is 0.285. The number of halogens is 5. The van der Waals surface area contributed by atoms with Gasteiger partial charge in [0.25, 0.3) is 0 Å². The second kappa shape index (κ2) is 7.94. The lowest BCUT2D eigenvalue weighted by molar-refractivity contribution is -0.141. The maximum atomic E-state index is 14.5. The molecule has 0 saturated heterocycles. The number of H-pyrrole nitrogens is 1. The molecule has 4 aromatic rings. The van der Waals surface area contributed by atoms with E-state index in [9.17, 15) is 22.0 Å². The van der Waals surface area contributed by atoms with Crippen LogP contribution >= 0.6 is 11.8 Å². The number of fused-ring (bicyclic) bond motifs is 1. The van der Waals surface area contributed by atoms with Crippen molar-refractivity contribution in [2.45, 2.75) is 16.8 Å². The highest BCUT2D eigenvalue weighted by molar-refractivity contribution is 7.98. The van der Waals surface area contributed by atoms with Crippen molar-refractivity contribution in [3.8, 4) is 0 Å². The molecule has 0 aliphatic heterocycles. The lowest BCUT2D eigenvalue weighted by Gasteiger charge is -2.06. The Morgan fingerprint density at radius 3 is 2.60 bits per heavy atom. The number of aromatic nitrogens is 3. The van der Waals surface area contributed by atoms with Crippen molar-refractivity contribution < 1.29 is 22.0 Å². The molecule has 0 spiro atoms. The number of thioether (sulfide) groups is 1. The van der Waals surface area contributed by atoms with Crippen molar-refractivity contribution in [1.82, 2.24) is 15.0 Å². The molecule has 10 heteroatoms. The van der Waals surface area contributed by atoms with Gasteiger partial charge in [0.05, 0.1) is 11.3 Å². The van der Waals surface area contributed by atoms with Gasteiger partial charge in [0.15, 0.2) is 5.82 Å². The van der Waals surface area contributed by atoms with Crippen molar-refractivity contribution in [1.29, 1.82) is 0 Å². The Kier molecular flexibility index (Phi) is 5.33. The van der Waals surface area contributed by atoms with Crippen LogP contribution in [0.25, 0.3) is 11.0 Å². The maximum absolute atomic E-state index is 14.5. The summed E-state index contributed by atoms with van der Waals surface area (Å²) in [6, 6.07) is 11.0. The average molecular weight is 436 g/mol. The molecule has 4 nitrogen and oxygen atoms in total. The first-order valence-electron chi connectivity index (χ1n) is 8.65. The van der Waals surface area contributed by atoms with Crippen LogP contribution in [0.4, 0.5) is 33.3 Å². The summed E-state index contributed by atoms with van der Waals surface area (Å²) in [6.07, 6.45) is -3.43. The van der Waals surface area contributed by atoms with Gasteiger partial charge in [-0.3, -0.25) is 4.98 Å². The van der Waals surface area contributed by atoms with Gasteiger partial charge < -0.3 is 10.3 Å². The fourth-order valence-electron chi connectivity index (χ4n) is 2.81. The third-order valence-electron chi connectivity index (χ3n) is 4.10. The van der Waals surface area contributed by atoms with Crippen LogP contribution in [0.1, 0.15) is 11.5 Å². The summed E-state index contributed by atoms with van der Waals surface area (Å²) in [6.45, 7) is 0. The zero-order chi connectivity index (χ0) is 21.3. The van der Waals surface area contributed by atoms with Gasteiger partial charge >= 0.3 is 6.18 Å². The topological polar surface area (TPSA) is 53.6 Å². The van der Waals surface area contributed by atoms with E-state index in [1.54, 1.807) is 12.1 Å². The van der Waals surface area contributed by atoms with Crippen LogP contribution in [0.5, 0.6) is 0 Å². The van der Waals surface area contributed by atoms with Gasteiger partial charge in [0.2, 0.25) is 0 Å². The zero-order valence-electron chi connectivity index (χ0n) is 15.1. The number of hydrogen-bond donors (Lipinski definition) is 2. The molecule has 0 aliphatic rings. The van der Waals surface area contributed by atoms with Crippen molar-refractivity contribution in [2.24, 2.45) is 0 Å². The standard InChI is InChI=1S/C20H13F5N4S/c21-11-2-1-3-12(6-11)27-13-7-15(22)19-16(8-13)28-18(29-19)10-30-14-4-5-26-17(9-14)20(23,24)25/h1-9,27H,10H2,(H,28,29). The smallest absolute Gasteiger partial charge is 0.355 e. The van der Waals surface area contributed by atoms with Crippen LogP contribution in [0, 0.1) is 11.6 Å². The molecule has 2 N–H and O–H groups in total. The molecule has 2 aromatic heterocycles. The minimum Gasteiger partial charge on any atom is -0.355 e. The van der Waals surface area contributed by atoms with Crippen LogP contribution in [-0.2, 0) is 11.9 Å². The Morgan fingerprint density at radius 2 is 1.83 bits per heavy atom. The van der Waals surface area contributed by atoms with Crippen molar-refractivity contribution in [3.63, 3.8) is 0 Å². The summed E-state index contributed by atoms with van der Waals surface area (Å²) in [7, 11) is 0. The van der Waals surface area contributed by atoms with Gasteiger partial charge in [-0.2, -0.15) is 13.2 Å². The largest absolute Gasteiger partial charge is 0.433 e. The van der Waals surface area contributed by atoms with Crippen LogP contribution in [0.2, 0.25) is 0 Å². The van der Waals surface area contributed by atoms with E-state index in [1.807, 2.05) is 0 Å². The number of nitrogens with one attached hydrogen (secondary N) is 2. The van der Waals surface area contributed by atoms with Gasteiger partial charge in [0.1, 0.15) is 22.9 Å². The normalized spacial score (nSPS) is 11.8. The summed E-state index contributed by atoms with van der Waals surface area (Å²) in [4.78, 5) is 10.8. The fraction of sp³-hybridized carbons (Fsp3) is 0.100. The number of benzene rings is 2. The molecule has 0 aliphatic carbocycles. The Bertz CT molecular complexity index is 1210. The molecule has 2 heterocycles. The number of anilines is 2. The minimum absolute atomic E-state index is 0.112. The van der Waals surface area contributed by atoms with Gasteiger partial charge in [-0.05, 0) is 42.5 Å². The van der Waals surface area contributed by atoms with Gasteiger partial charge in [-0.1, -0.05) is 6.07 Å². The van der Waals surface area contributed by atoms with E-state index < -0.39 is 23.5 Å². The predicted octanol–water partition coefficient (Wildman–Crippen LogP) is 6.29.